The lowest BCUT2D eigenvalue weighted by Crippen LogP contribution is -2.45. The Hall–Kier alpha value is -2.93. The number of amides is 1. The van der Waals surface area contributed by atoms with Gasteiger partial charge in [-0.2, -0.15) is 0 Å². The van der Waals surface area contributed by atoms with E-state index in [4.69, 9.17) is 11.6 Å². The van der Waals surface area contributed by atoms with Gasteiger partial charge >= 0.3 is 0 Å². The van der Waals surface area contributed by atoms with Gasteiger partial charge in [0.15, 0.2) is 0 Å². The highest BCUT2D eigenvalue weighted by Crippen LogP contribution is 2.31. The summed E-state index contributed by atoms with van der Waals surface area (Å²) in [5.41, 5.74) is 1.02. The van der Waals surface area contributed by atoms with Gasteiger partial charge in [0.2, 0.25) is 0 Å². The van der Waals surface area contributed by atoms with Crippen molar-refractivity contribution in [2.45, 2.75) is 24.9 Å². The largest absolute Gasteiger partial charge is 0.338 e. The summed E-state index contributed by atoms with van der Waals surface area (Å²) in [6.07, 6.45) is 8.46. The molecule has 0 N–H and O–H groups in total. The summed E-state index contributed by atoms with van der Waals surface area (Å²) >= 11 is 5.84. The predicted octanol–water partition coefficient (Wildman–Crippen LogP) is 3.77. The first-order valence-electron chi connectivity index (χ1n) is 9.33. The van der Waals surface area contributed by atoms with Crippen LogP contribution in [0.3, 0.4) is 0 Å². The molecule has 148 valence electrons. The van der Waals surface area contributed by atoms with E-state index in [1.54, 1.807) is 41.6 Å². The summed E-state index contributed by atoms with van der Waals surface area (Å²) in [6.45, 7) is 0.654. The van der Waals surface area contributed by atoms with Crippen LogP contribution in [0, 0.1) is 0 Å². The Morgan fingerprint density at radius 2 is 1.83 bits per heavy atom. The third kappa shape index (κ3) is 4.40. The molecule has 0 spiro atoms. The van der Waals surface area contributed by atoms with E-state index in [0.29, 0.717) is 35.1 Å². The zero-order valence-electron chi connectivity index (χ0n) is 15.6. The molecule has 0 aromatic carbocycles. The zero-order chi connectivity index (χ0) is 20.3. The second-order valence-corrected chi connectivity index (χ2v) is 7.54. The number of rotatable bonds is 4. The van der Waals surface area contributed by atoms with Crippen LogP contribution in [0.4, 0.5) is 4.39 Å². The summed E-state index contributed by atoms with van der Waals surface area (Å²) in [5.74, 6) is -0.191. The SMILES string of the molecule is O=C(c1cncnc1-c1ccncc1)N1CCC(F)(Cc2ccc(Cl)cn2)CC1. The molecule has 1 fully saturated rings. The predicted molar refractivity (Wildman–Crippen MR) is 107 cm³/mol. The molecule has 1 amide bonds. The first-order chi connectivity index (χ1) is 14.0. The van der Waals surface area contributed by atoms with Crippen LogP contribution in [-0.4, -0.2) is 49.5 Å². The van der Waals surface area contributed by atoms with Gasteiger partial charge in [-0.3, -0.25) is 14.8 Å². The molecule has 4 rings (SSSR count). The fraction of sp³-hybridized carbons (Fsp3) is 0.286. The highest BCUT2D eigenvalue weighted by atomic mass is 35.5. The van der Waals surface area contributed by atoms with E-state index in [-0.39, 0.29) is 25.2 Å². The van der Waals surface area contributed by atoms with E-state index in [1.807, 2.05) is 0 Å². The van der Waals surface area contributed by atoms with Crippen molar-refractivity contribution in [3.05, 3.63) is 71.7 Å². The average molecular weight is 412 g/mol. The van der Waals surface area contributed by atoms with Crippen molar-refractivity contribution in [1.29, 1.82) is 0 Å². The summed E-state index contributed by atoms with van der Waals surface area (Å²) in [6, 6.07) is 7.04. The van der Waals surface area contributed by atoms with Crippen molar-refractivity contribution in [1.82, 2.24) is 24.8 Å². The molecule has 4 heterocycles. The highest BCUT2D eigenvalue weighted by Gasteiger charge is 2.37. The molecule has 29 heavy (non-hydrogen) atoms. The van der Waals surface area contributed by atoms with Gasteiger partial charge in [-0.15, -0.1) is 0 Å². The Morgan fingerprint density at radius 3 is 2.52 bits per heavy atom. The molecule has 6 nitrogen and oxygen atoms in total. The van der Waals surface area contributed by atoms with Gasteiger partial charge in [0.05, 0.1) is 16.3 Å². The first kappa shape index (κ1) is 19.4. The van der Waals surface area contributed by atoms with Crippen LogP contribution in [-0.2, 0) is 6.42 Å². The summed E-state index contributed by atoms with van der Waals surface area (Å²) in [5, 5.41) is 0.525. The zero-order valence-corrected chi connectivity index (χ0v) is 16.4. The van der Waals surface area contributed by atoms with E-state index >= 15 is 4.39 Å². The number of carbonyl (C=O) groups excluding carboxylic acids is 1. The van der Waals surface area contributed by atoms with Gasteiger partial charge in [-0.25, -0.2) is 14.4 Å². The second-order valence-electron chi connectivity index (χ2n) is 7.11. The minimum atomic E-state index is -1.39. The van der Waals surface area contributed by atoms with E-state index in [2.05, 4.69) is 19.9 Å². The fourth-order valence-electron chi connectivity index (χ4n) is 3.52. The molecule has 3 aromatic heterocycles. The monoisotopic (exact) mass is 411 g/mol. The van der Waals surface area contributed by atoms with Crippen molar-refractivity contribution in [3.63, 3.8) is 0 Å². The molecular weight excluding hydrogens is 393 g/mol. The van der Waals surface area contributed by atoms with Crippen LogP contribution in [0.2, 0.25) is 5.02 Å². The number of nitrogens with zero attached hydrogens (tertiary/aromatic N) is 5. The van der Waals surface area contributed by atoms with Crippen LogP contribution in [0.1, 0.15) is 28.9 Å². The van der Waals surface area contributed by atoms with Gasteiger partial charge in [-0.05, 0) is 37.1 Å². The lowest BCUT2D eigenvalue weighted by molar-refractivity contribution is 0.0433. The van der Waals surface area contributed by atoms with Crippen LogP contribution in [0.15, 0.2) is 55.4 Å². The number of hydrogen-bond acceptors (Lipinski definition) is 5. The minimum Gasteiger partial charge on any atom is -0.338 e. The van der Waals surface area contributed by atoms with E-state index in [1.165, 1.54) is 18.7 Å². The quantitative estimate of drug-likeness (QED) is 0.653. The Kier molecular flexibility index (Phi) is 5.49. The van der Waals surface area contributed by atoms with E-state index in [9.17, 15) is 4.79 Å². The fourth-order valence-corrected chi connectivity index (χ4v) is 3.63. The highest BCUT2D eigenvalue weighted by molar-refractivity contribution is 6.30. The molecule has 8 heteroatoms. The van der Waals surface area contributed by atoms with Crippen molar-refractivity contribution in [2.75, 3.05) is 13.1 Å². The van der Waals surface area contributed by atoms with Crippen molar-refractivity contribution in [2.24, 2.45) is 0 Å². The summed E-state index contributed by atoms with van der Waals surface area (Å²) in [7, 11) is 0. The topological polar surface area (TPSA) is 71.9 Å². The van der Waals surface area contributed by atoms with Crippen molar-refractivity contribution >= 4 is 17.5 Å². The maximum Gasteiger partial charge on any atom is 0.257 e. The second kappa shape index (κ2) is 8.21. The van der Waals surface area contributed by atoms with Crippen LogP contribution in [0.25, 0.3) is 11.3 Å². The molecule has 0 atom stereocenters. The molecule has 1 saturated heterocycles. The van der Waals surface area contributed by atoms with Gasteiger partial charge < -0.3 is 4.90 Å². The number of carbonyl (C=O) groups is 1. The number of halogens is 2. The third-order valence-corrected chi connectivity index (χ3v) is 5.35. The summed E-state index contributed by atoms with van der Waals surface area (Å²) in [4.78, 5) is 31.2. The first-order valence-corrected chi connectivity index (χ1v) is 9.71. The lowest BCUT2D eigenvalue weighted by Gasteiger charge is -2.36. The Balaban J connectivity index is 1.47. The average Bonchev–Trinajstić information content (AvgIpc) is 2.76. The van der Waals surface area contributed by atoms with E-state index in [0.717, 1.165) is 5.56 Å². The number of aromatic nitrogens is 4. The smallest absolute Gasteiger partial charge is 0.257 e. The van der Waals surface area contributed by atoms with Gasteiger partial charge in [0, 0.05) is 55.6 Å². The number of hydrogen-bond donors (Lipinski definition) is 0. The molecule has 0 aliphatic carbocycles. The summed E-state index contributed by atoms with van der Waals surface area (Å²) < 4.78 is 15.3. The van der Waals surface area contributed by atoms with E-state index < -0.39 is 5.67 Å². The number of likely N-dealkylation sites (tertiary alicyclic amines) is 1. The van der Waals surface area contributed by atoms with Crippen molar-refractivity contribution in [3.8, 4) is 11.3 Å². The van der Waals surface area contributed by atoms with Crippen LogP contribution >= 0.6 is 11.6 Å². The van der Waals surface area contributed by atoms with Gasteiger partial charge in [-0.1, -0.05) is 11.6 Å². The molecule has 0 unspecified atom stereocenters. The van der Waals surface area contributed by atoms with Gasteiger partial charge in [0.25, 0.3) is 5.91 Å². The molecule has 1 aliphatic rings. The normalized spacial score (nSPS) is 15.9. The van der Waals surface area contributed by atoms with Crippen LogP contribution in [0.5, 0.6) is 0 Å². The Morgan fingerprint density at radius 1 is 1.07 bits per heavy atom. The molecule has 3 aromatic rings. The standard InChI is InChI=1S/C21H19ClFN5O/c22-16-1-2-17(26-12-16)11-21(23)5-9-28(10-6-21)20(29)18-13-25-14-27-19(18)15-3-7-24-8-4-15/h1-4,7-8,12-14H,5-6,9-11H2. The minimum absolute atomic E-state index is 0.191. The number of pyridine rings is 2. The molecule has 0 saturated carbocycles. The third-order valence-electron chi connectivity index (χ3n) is 5.13. The maximum absolute atomic E-state index is 15.3. The Labute approximate surface area is 172 Å². The number of piperidine rings is 1. The number of alkyl halides is 1. The van der Waals surface area contributed by atoms with Crippen molar-refractivity contribution < 1.29 is 9.18 Å². The maximum atomic E-state index is 15.3. The molecule has 0 bridgehead atoms. The molecular formula is C21H19ClFN5O. The Bertz CT molecular complexity index is 991. The van der Waals surface area contributed by atoms with Gasteiger partial charge in [0.1, 0.15) is 12.0 Å². The lowest BCUT2D eigenvalue weighted by atomic mass is 9.88. The molecule has 0 radical (unpaired) electrons. The van der Waals surface area contributed by atoms with Crippen LogP contribution < -0.4 is 0 Å². The molecule has 1 aliphatic heterocycles.